The lowest BCUT2D eigenvalue weighted by Crippen LogP contribution is -2.11. The van der Waals surface area contributed by atoms with Gasteiger partial charge >= 0.3 is 0 Å². The molecule has 1 N–H and O–H groups in total. The summed E-state index contributed by atoms with van der Waals surface area (Å²) >= 11 is 8.74. The lowest BCUT2D eigenvalue weighted by Gasteiger charge is -2.03. The summed E-state index contributed by atoms with van der Waals surface area (Å²) in [5.41, 5.74) is 0.693. The van der Waals surface area contributed by atoms with Crippen LogP contribution in [0.1, 0.15) is 12.8 Å². The fourth-order valence-electron chi connectivity index (χ4n) is 0.931. The maximum atomic E-state index is 11.3. The number of hydrogen-bond donors (Lipinski definition) is 1. The van der Waals surface area contributed by atoms with E-state index in [1.807, 2.05) is 0 Å². The van der Waals surface area contributed by atoms with Gasteiger partial charge in [0.1, 0.15) is 0 Å². The number of carbonyl (C=O) groups excluding carboxylic acids is 1. The van der Waals surface area contributed by atoms with Crippen LogP contribution in [0.2, 0.25) is 0 Å². The number of pyridine rings is 1. The Morgan fingerprint density at radius 3 is 3.00 bits per heavy atom. The van der Waals surface area contributed by atoms with Crippen molar-refractivity contribution >= 4 is 39.1 Å². The summed E-state index contributed by atoms with van der Waals surface area (Å²) in [6.07, 6.45) is 4.39. The van der Waals surface area contributed by atoms with Crippen LogP contribution in [0.15, 0.2) is 22.9 Å². The molecular formula is C9H10BrClN2O. The fourth-order valence-corrected chi connectivity index (χ4v) is 1.43. The Bertz CT molecular complexity index is 319. The lowest BCUT2D eigenvalue weighted by molar-refractivity contribution is -0.116. The molecule has 1 rings (SSSR count). The number of alkyl halides is 1. The van der Waals surface area contributed by atoms with E-state index < -0.39 is 0 Å². The van der Waals surface area contributed by atoms with Gasteiger partial charge in [0.25, 0.3) is 0 Å². The standard InChI is InChI=1S/C9H10BrClN2O/c10-7-4-8(6-12-5-7)13-9(14)2-1-3-11/h4-6H,1-3H2,(H,13,14). The summed E-state index contributed by atoms with van der Waals surface area (Å²) in [5, 5.41) is 2.73. The van der Waals surface area contributed by atoms with Crippen LogP contribution in [0.25, 0.3) is 0 Å². The molecule has 76 valence electrons. The highest BCUT2D eigenvalue weighted by molar-refractivity contribution is 9.10. The van der Waals surface area contributed by atoms with Gasteiger partial charge in [0.05, 0.1) is 11.9 Å². The number of halogens is 2. The van der Waals surface area contributed by atoms with Crippen molar-refractivity contribution in [1.29, 1.82) is 0 Å². The maximum Gasteiger partial charge on any atom is 0.224 e. The predicted molar refractivity (Wildman–Crippen MR) is 60.5 cm³/mol. The summed E-state index contributed by atoms with van der Waals surface area (Å²) in [4.78, 5) is 15.2. The first-order chi connectivity index (χ1) is 6.72. The molecule has 14 heavy (non-hydrogen) atoms. The van der Waals surface area contributed by atoms with E-state index in [1.165, 1.54) is 0 Å². The molecule has 0 aliphatic heterocycles. The molecule has 5 heteroatoms. The molecule has 0 radical (unpaired) electrons. The number of anilines is 1. The first-order valence-corrected chi connectivity index (χ1v) is 5.51. The third-order valence-corrected chi connectivity index (χ3v) is 2.23. The van der Waals surface area contributed by atoms with E-state index in [-0.39, 0.29) is 5.91 Å². The van der Waals surface area contributed by atoms with Gasteiger partial charge < -0.3 is 5.32 Å². The topological polar surface area (TPSA) is 42.0 Å². The van der Waals surface area contributed by atoms with E-state index in [4.69, 9.17) is 11.6 Å². The van der Waals surface area contributed by atoms with Crippen LogP contribution in [-0.2, 0) is 4.79 Å². The normalized spacial score (nSPS) is 9.86. The Balaban J connectivity index is 2.47. The fraction of sp³-hybridized carbons (Fsp3) is 0.333. The van der Waals surface area contributed by atoms with E-state index >= 15 is 0 Å². The minimum Gasteiger partial charge on any atom is -0.325 e. The van der Waals surface area contributed by atoms with E-state index in [9.17, 15) is 4.79 Å². The zero-order chi connectivity index (χ0) is 10.4. The van der Waals surface area contributed by atoms with Crippen molar-refractivity contribution in [3.05, 3.63) is 22.9 Å². The van der Waals surface area contributed by atoms with E-state index in [0.29, 0.717) is 24.4 Å². The first kappa shape index (κ1) is 11.5. The third kappa shape index (κ3) is 4.07. The van der Waals surface area contributed by atoms with Crippen molar-refractivity contribution in [3.8, 4) is 0 Å². The largest absolute Gasteiger partial charge is 0.325 e. The maximum absolute atomic E-state index is 11.3. The molecule has 0 fully saturated rings. The van der Waals surface area contributed by atoms with Crippen LogP contribution in [-0.4, -0.2) is 16.8 Å². The number of nitrogens with one attached hydrogen (secondary N) is 1. The predicted octanol–water partition coefficient (Wildman–Crippen LogP) is 2.80. The number of rotatable bonds is 4. The van der Waals surface area contributed by atoms with E-state index in [1.54, 1.807) is 18.5 Å². The van der Waals surface area contributed by atoms with Crippen molar-refractivity contribution < 1.29 is 4.79 Å². The van der Waals surface area contributed by atoms with Gasteiger partial charge in [-0.05, 0) is 28.4 Å². The molecule has 0 atom stereocenters. The molecule has 0 aromatic carbocycles. The highest BCUT2D eigenvalue weighted by atomic mass is 79.9. The number of carbonyl (C=O) groups is 1. The Morgan fingerprint density at radius 1 is 1.57 bits per heavy atom. The van der Waals surface area contributed by atoms with Gasteiger partial charge in [-0.2, -0.15) is 0 Å². The number of nitrogens with zero attached hydrogens (tertiary/aromatic N) is 1. The average molecular weight is 278 g/mol. The lowest BCUT2D eigenvalue weighted by atomic mass is 10.3. The van der Waals surface area contributed by atoms with Crippen LogP contribution in [0.3, 0.4) is 0 Å². The summed E-state index contributed by atoms with van der Waals surface area (Å²) in [7, 11) is 0. The van der Waals surface area contributed by atoms with Crippen molar-refractivity contribution in [3.63, 3.8) is 0 Å². The molecule has 0 spiro atoms. The Kier molecular flexibility index (Phi) is 4.90. The molecule has 0 aliphatic rings. The van der Waals surface area contributed by atoms with Crippen molar-refractivity contribution in [2.45, 2.75) is 12.8 Å². The minimum absolute atomic E-state index is 0.0365. The Morgan fingerprint density at radius 2 is 2.36 bits per heavy atom. The van der Waals surface area contributed by atoms with Gasteiger partial charge in [0.15, 0.2) is 0 Å². The highest BCUT2D eigenvalue weighted by Crippen LogP contribution is 2.13. The van der Waals surface area contributed by atoms with Crippen LogP contribution in [0, 0.1) is 0 Å². The number of hydrogen-bond acceptors (Lipinski definition) is 2. The minimum atomic E-state index is -0.0365. The number of aromatic nitrogens is 1. The van der Waals surface area contributed by atoms with Gasteiger partial charge in [-0.3, -0.25) is 9.78 Å². The van der Waals surface area contributed by atoms with E-state index in [2.05, 4.69) is 26.2 Å². The Labute approximate surface area is 96.0 Å². The van der Waals surface area contributed by atoms with Crippen LogP contribution in [0.5, 0.6) is 0 Å². The second-order valence-corrected chi connectivity index (χ2v) is 4.03. The molecule has 0 unspecified atom stereocenters. The molecule has 3 nitrogen and oxygen atoms in total. The SMILES string of the molecule is O=C(CCCCl)Nc1cncc(Br)c1. The Hall–Kier alpha value is -0.610. The van der Waals surface area contributed by atoms with Gasteiger partial charge in [0.2, 0.25) is 5.91 Å². The van der Waals surface area contributed by atoms with Gasteiger partial charge in [-0.25, -0.2) is 0 Å². The second-order valence-electron chi connectivity index (χ2n) is 2.73. The molecule has 1 aromatic heterocycles. The zero-order valence-corrected chi connectivity index (χ0v) is 9.81. The summed E-state index contributed by atoms with van der Waals surface area (Å²) < 4.78 is 0.840. The summed E-state index contributed by atoms with van der Waals surface area (Å²) in [6, 6.07) is 1.80. The molecule has 0 saturated heterocycles. The van der Waals surface area contributed by atoms with Crippen LogP contribution in [0.4, 0.5) is 5.69 Å². The van der Waals surface area contributed by atoms with Crippen LogP contribution >= 0.6 is 27.5 Å². The van der Waals surface area contributed by atoms with Gasteiger partial charge in [-0.15, -0.1) is 11.6 Å². The molecule has 1 heterocycles. The van der Waals surface area contributed by atoms with Crippen molar-refractivity contribution in [2.24, 2.45) is 0 Å². The average Bonchev–Trinajstić information content (AvgIpc) is 2.15. The summed E-state index contributed by atoms with van der Waals surface area (Å²) in [5.74, 6) is 0.468. The quantitative estimate of drug-likeness (QED) is 0.860. The highest BCUT2D eigenvalue weighted by Gasteiger charge is 2.01. The van der Waals surface area contributed by atoms with Crippen molar-refractivity contribution in [2.75, 3.05) is 11.2 Å². The van der Waals surface area contributed by atoms with Crippen LogP contribution < -0.4 is 5.32 Å². The summed E-state index contributed by atoms with van der Waals surface area (Å²) in [6.45, 7) is 0. The molecule has 1 aromatic rings. The molecule has 0 saturated carbocycles. The smallest absolute Gasteiger partial charge is 0.224 e. The monoisotopic (exact) mass is 276 g/mol. The first-order valence-electron chi connectivity index (χ1n) is 4.19. The molecule has 0 bridgehead atoms. The number of amides is 1. The van der Waals surface area contributed by atoms with Crippen molar-refractivity contribution in [1.82, 2.24) is 4.98 Å². The van der Waals surface area contributed by atoms with E-state index in [0.717, 1.165) is 4.47 Å². The zero-order valence-electron chi connectivity index (χ0n) is 7.46. The van der Waals surface area contributed by atoms with Gasteiger partial charge in [0, 0.05) is 23.0 Å². The van der Waals surface area contributed by atoms with Gasteiger partial charge in [-0.1, -0.05) is 0 Å². The molecule has 0 aliphatic carbocycles. The molecular weight excluding hydrogens is 267 g/mol. The molecule has 1 amide bonds. The third-order valence-electron chi connectivity index (χ3n) is 1.53. The second kappa shape index (κ2) is 5.98.